The lowest BCUT2D eigenvalue weighted by Gasteiger charge is -2.26. The molecule has 1 amide bonds. The van der Waals surface area contributed by atoms with E-state index < -0.39 is 0 Å². The highest BCUT2D eigenvalue weighted by molar-refractivity contribution is 5.92. The van der Waals surface area contributed by atoms with E-state index in [1.54, 1.807) is 24.2 Å². The SMILES string of the molecule is CC[C@H](c1ccccn1)N(C)C(=O)c1occc1C. The first-order valence-corrected chi connectivity index (χ1v) is 6.37. The van der Waals surface area contributed by atoms with Gasteiger partial charge in [-0.3, -0.25) is 9.78 Å². The zero-order valence-electron chi connectivity index (χ0n) is 11.5. The Balaban J connectivity index is 2.25. The molecule has 1 atom stereocenters. The van der Waals surface area contributed by atoms with Crippen molar-refractivity contribution in [2.24, 2.45) is 0 Å². The number of hydrogen-bond donors (Lipinski definition) is 0. The van der Waals surface area contributed by atoms with Gasteiger partial charge in [-0.25, -0.2) is 0 Å². The Morgan fingerprint density at radius 1 is 1.42 bits per heavy atom. The maximum absolute atomic E-state index is 12.4. The van der Waals surface area contributed by atoms with Gasteiger partial charge < -0.3 is 9.32 Å². The van der Waals surface area contributed by atoms with E-state index in [9.17, 15) is 4.79 Å². The monoisotopic (exact) mass is 258 g/mol. The van der Waals surface area contributed by atoms with Crippen LogP contribution in [0.25, 0.3) is 0 Å². The van der Waals surface area contributed by atoms with E-state index in [0.717, 1.165) is 17.7 Å². The van der Waals surface area contributed by atoms with Crippen LogP contribution in [0.1, 0.15) is 41.2 Å². The Hall–Kier alpha value is -2.10. The molecule has 0 N–H and O–H groups in total. The van der Waals surface area contributed by atoms with E-state index in [-0.39, 0.29) is 11.9 Å². The number of furan rings is 1. The normalized spacial score (nSPS) is 12.2. The van der Waals surface area contributed by atoms with Crippen LogP contribution < -0.4 is 0 Å². The highest BCUT2D eigenvalue weighted by Gasteiger charge is 2.25. The first-order valence-electron chi connectivity index (χ1n) is 6.37. The quantitative estimate of drug-likeness (QED) is 0.846. The smallest absolute Gasteiger partial charge is 0.290 e. The average molecular weight is 258 g/mol. The van der Waals surface area contributed by atoms with Crippen molar-refractivity contribution >= 4 is 5.91 Å². The van der Waals surface area contributed by atoms with Crippen LogP contribution >= 0.6 is 0 Å². The maximum atomic E-state index is 12.4. The van der Waals surface area contributed by atoms with E-state index in [1.165, 1.54) is 6.26 Å². The standard InChI is InChI=1S/C15H18N2O2/c1-4-13(12-7-5-6-9-16-12)17(3)15(18)14-11(2)8-10-19-14/h5-10,13H,4H2,1-3H3/t13-/m1/s1. The Labute approximate surface area is 113 Å². The third-order valence-electron chi connectivity index (χ3n) is 3.26. The molecule has 2 heterocycles. The first kappa shape index (κ1) is 13.3. The van der Waals surface area contributed by atoms with Crippen LogP contribution in [0, 0.1) is 6.92 Å². The van der Waals surface area contributed by atoms with Crippen molar-refractivity contribution in [3.63, 3.8) is 0 Å². The molecule has 0 spiro atoms. The molecule has 0 fully saturated rings. The lowest BCUT2D eigenvalue weighted by atomic mass is 10.1. The fourth-order valence-corrected chi connectivity index (χ4v) is 2.15. The molecule has 0 radical (unpaired) electrons. The van der Waals surface area contributed by atoms with Gasteiger partial charge in [0, 0.05) is 18.8 Å². The lowest BCUT2D eigenvalue weighted by molar-refractivity contribution is 0.0689. The molecule has 0 aliphatic carbocycles. The molecule has 2 rings (SSSR count). The molecule has 0 aromatic carbocycles. The summed E-state index contributed by atoms with van der Waals surface area (Å²) < 4.78 is 5.27. The number of amides is 1. The van der Waals surface area contributed by atoms with Crippen LogP contribution in [0.3, 0.4) is 0 Å². The van der Waals surface area contributed by atoms with Crippen molar-refractivity contribution < 1.29 is 9.21 Å². The van der Waals surface area contributed by atoms with Gasteiger partial charge in [0.25, 0.3) is 5.91 Å². The van der Waals surface area contributed by atoms with Gasteiger partial charge in [-0.05, 0) is 31.5 Å². The minimum Gasteiger partial charge on any atom is -0.459 e. The van der Waals surface area contributed by atoms with Gasteiger partial charge in [-0.2, -0.15) is 0 Å². The van der Waals surface area contributed by atoms with Gasteiger partial charge >= 0.3 is 0 Å². The molecule has 2 aromatic rings. The molecule has 2 aromatic heterocycles. The van der Waals surface area contributed by atoms with Crippen LogP contribution in [0.5, 0.6) is 0 Å². The summed E-state index contributed by atoms with van der Waals surface area (Å²) in [6.45, 7) is 3.91. The summed E-state index contributed by atoms with van der Waals surface area (Å²) in [5, 5.41) is 0. The predicted octanol–water partition coefficient (Wildman–Crippen LogP) is 3.21. The first-order chi connectivity index (χ1) is 9.15. The summed E-state index contributed by atoms with van der Waals surface area (Å²) in [5.41, 5.74) is 1.75. The second-order valence-corrected chi connectivity index (χ2v) is 4.53. The van der Waals surface area contributed by atoms with Crippen molar-refractivity contribution in [2.45, 2.75) is 26.3 Å². The highest BCUT2D eigenvalue weighted by Crippen LogP contribution is 2.23. The van der Waals surface area contributed by atoms with Gasteiger partial charge in [0.15, 0.2) is 5.76 Å². The lowest BCUT2D eigenvalue weighted by Crippen LogP contribution is -2.31. The summed E-state index contributed by atoms with van der Waals surface area (Å²) in [7, 11) is 1.78. The van der Waals surface area contributed by atoms with Crippen molar-refractivity contribution in [1.82, 2.24) is 9.88 Å². The van der Waals surface area contributed by atoms with Crippen molar-refractivity contribution in [3.8, 4) is 0 Å². The Morgan fingerprint density at radius 2 is 2.21 bits per heavy atom. The molecule has 0 unspecified atom stereocenters. The maximum Gasteiger partial charge on any atom is 0.290 e. The van der Waals surface area contributed by atoms with E-state index in [1.807, 2.05) is 32.0 Å². The average Bonchev–Trinajstić information content (AvgIpc) is 2.86. The molecule has 100 valence electrons. The Bertz CT molecular complexity index is 548. The number of carbonyl (C=O) groups excluding carboxylic acids is 1. The number of carbonyl (C=O) groups is 1. The molecule has 0 aliphatic rings. The molecule has 0 saturated heterocycles. The third-order valence-corrected chi connectivity index (χ3v) is 3.26. The van der Waals surface area contributed by atoms with Gasteiger partial charge in [-0.1, -0.05) is 13.0 Å². The molecule has 0 bridgehead atoms. The summed E-state index contributed by atoms with van der Waals surface area (Å²) in [4.78, 5) is 18.4. The summed E-state index contributed by atoms with van der Waals surface area (Å²) in [6.07, 6.45) is 4.09. The zero-order chi connectivity index (χ0) is 13.8. The number of hydrogen-bond acceptors (Lipinski definition) is 3. The zero-order valence-corrected chi connectivity index (χ0v) is 11.5. The summed E-state index contributed by atoms with van der Waals surface area (Å²) in [6, 6.07) is 7.49. The Morgan fingerprint density at radius 3 is 2.74 bits per heavy atom. The third kappa shape index (κ3) is 2.67. The number of nitrogens with zero attached hydrogens (tertiary/aromatic N) is 2. The second kappa shape index (κ2) is 5.69. The number of aryl methyl sites for hydroxylation is 1. The molecule has 19 heavy (non-hydrogen) atoms. The summed E-state index contributed by atoms with van der Waals surface area (Å²) >= 11 is 0. The number of pyridine rings is 1. The van der Waals surface area contributed by atoms with Crippen LogP contribution in [0.15, 0.2) is 41.1 Å². The molecule has 0 saturated carbocycles. The Kier molecular flexibility index (Phi) is 4.00. The number of aromatic nitrogens is 1. The van der Waals surface area contributed by atoms with Gasteiger partial charge in [0.2, 0.25) is 0 Å². The van der Waals surface area contributed by atoms with Crippen LogP contribution in [-0.2, 0) is 0 Å². The minimum atomic E-state index is -0.111. The molecule has 4 heteroatoms. The van der Waals surface area contributed by atoms with E-state index in [2.05, 4.69) is 4.98 Å². The predicted molar refractivity (Wildman–Crippen MR) is 72.8 cm³/mol. The molecular formula is C15H18N2O2. The fraction of sp³-hybridized carbons (Fsp3) is 0.333. The van der Waals surface area contributed by atoms with Crippen LogP contribution in [0.2, 0.25) is 0 Å². The summed E-state index contributed by atoms with van der Waals surface area (Å²) in [5.74, 6) is 0.289. The van der Waals surface area contributed by atoms with Crippen LogP contribution in [0.4, 0.5) is 0 Å². The van der Waals surface area contributed by atoms with E-state index in [4.69, 9.17) is 4.42 Å². The molecule has 0 aliphatic heterocycles. The van der Waals surface area contributed by atoms with E-state index in [0.29, 0.717) is 5.76 Å². The largest absolute Gasteiger partial charge is 0.459 e. The van der Waals surface area contributed by atoms with Gasteiger partial charge in [0.1, 0.15) is 0 Å². The van der Waals surface area contributed by atoms with Crippen molar-refractivity contribution in [1.29, 1.82) is 0 Å². The second-order valence-electron chi connectivity index (χ2n) is 4.53. The highest BCUT2D eigenvalue weighted by atomic mass is 16.3. The van der Waals surface area contributed by atoms with Crippen molar-refractivity contribution in [3.05, 3.63) is 53.7 Å². The minimum absolute atomic E-state index is 0.0433. The topological polar surface area (TPSA) is 46.3 Å². The molecular weight excluding hydrogens is 240 g/mol. The van der Waals surface area contributed by atoms with E-state index >= 15 is 0 Å². The van der Waals surface area contributed by atoms with Gasteiger partial charge in [-0.15, -0.1) is 0 Å². The number of rotatable bonds is 4. The van der Waals surface area contributed by atoms with Crippen LogP contribution in [-0.4, -0.2) is 22.8 Å². The van der Waals surface area contributed by atoms with Gasteiger partial charge in [0.05, 0.1) is 18.0 Å². The fourth-order valence-electron chi connectivity index (χ4n) is 2.15. The van der Waals surface area contributed by atoms with Crippen molar-refractivity contribution in [2.75, 3.05) is 7.05 Å². The molecule has 4 nitrogen and oxygen atoms in total.